The summed E-state index contributed by atoms with van der Waals surface area (Å²) in [6, 6.07) is 10.3. The molecule has 0 aromatic heterocycles. The van der Waals surface area contributed by atoms with Gasteiger partial charge in [0.05, 0.1) is 5.69 Å². The fraction of sp³-hybridized carbons (Fsp3) is 0.143. The van der Waals surface area contributed by atoms with Crippen LogP contribution >= 0.6 is 23.2 Å². The highest BCUT2D eigenvalue weighted by molar-refractivity contribution is 6.33. The van der Waals surface area contributed by atoms with Gasteiger partial charge in [-0.3, -0.25) is 0 Å². The number of benzene rings is 2. The molecule has 0 fully saturated rings. The first-order valence-electron chi connectivity index (χ1n) is 5.50. The third kappa shape index (κ3) is 3.15. The molecule has 0 heterocycles. The lowest BCUT2D eigenvalue weighted by atomic mass is 10.2. The Hall–Kier alpha value is -1.25. The van der Waals surface area contributed by atoms with E-state index in [1.165, 1.54) is 6.07 Å². The van der Waals surface area contributed by atoms with Crippen molar-refractivity contribution in [3.8, 4) is 0 Å². The lowest BCUT2D eigenvalue weighted by Gasteiger charge is -2.10. The van der Waals surface area contributed by atoms with Gasteiger partial charge in [-0.25, -0.2) is 4.39 Å². The van der Waals surface area contributed by atoms with Crippen LogP contribution in [-0.4, -0.2) is 0 Å². The second-order valence-corrected chi connectivity index (χ2v) is 4.92. The summed E-state index contributed by atoms with van der Waals surface area (Å²) >= 11 is 11.9. The fourth-order valence-electron chi connectivity index (χ4n) is 1.63. The summed E-state index contributed by atoms with van der Waals surface area (Å²) in [5.74, 6) is -0.270. The number of rotatable bonds is 3. The average molecular weight is 284 g/mol. The minimum Gasteiger partial charge on any atom is -0.379 e. The van der Waals surface area contributed by atoms with Crippen LogP contribution in [0, 0.1) is 12.7 Å². The highest BCUT2D eigenvalue weighted by Gasteiger charge is 2.04. The summed E-state index contributed by atoms with van der Waals surface area (Å²) in [5.41, 5.74) is 2.18. The van der Waals surface area contributed by atoms with E-state index in [0.29, 0.717) is 22.3 Å². The van der Waals surface area contributed by atoms with Gasteiger partial charge >= 0.3 is 0 Å². The van der Waals surface area contributed by atoms with E-state index in [-0.39, 0.29) is 5.82 Å². The van der Waals surface area contributed by atoms with Crippen molar-refractivity contribution < 1.29 is 4.39 Å². The van der Waals surface area contributed by atoms with Gasteiger partial charge in [0.2, 0.25) is 0 Å². The molecule has 94 valence electrons. The first-order valence-corrected chi connectivity index (χ1v) is 6.26. The maximum absolute atomic E-state index is 13.6. The fourth-order valence-corrected chi connectivity index (χ4v) is 2.01. The summed E-state index contributed by atoms with van der Waals surface area (Å²) in [5, 5.41) is 4.23. The minimum absolute atomic E-state index is 0.270. The Balaban J connectivity index is 2.13. The van der Waals surface area contributed by atoms with Crippen LogP contribution in [0.15, 0.2) is 36.4 Å². The molecule has 0 spiro atoms. The molecule has 0 aliphatic carbocycles. The van der Waals surface area contributed by atoms with E-state index in [0.717, 1.165) is 11.1 Å². The van der Waals surface area contributed by atoms with Crippen LogP contribution in [0.2, 0.25) is 10.0 Å². The molecular weight excluding hydrogens is 272 g/mol. The summed E-state index contributed by atoms with van der Waals surface area (Å²) in [4.78, 5) is 0. The van der Waals surface area contributed by atoms with Gasteiger partial charge in [0.1, 0.15) is 5.82 Å². The predicted octanol–water partition coefficient (Wildman–Crippen LogP) is 5.05. The Morgan fingerprint density at radius 3 is 2.61 bits per heavy atom. The van der Waals surface area contributed by atoms with Crippen molar-refractivity contribution in [3.63, 3.8) is 0 Å². The molecule has 0 radical (unpaired) electrons. The Bertz CT molecular complexity index is 570. The summed E-state index contributed by atoms with van der Waals surface area (Å²) < 4.78 is 13.6. The summed E-state index contributed by atoms with van der Waals surface area (Å²) in [7, 11) is 0. The monoisotopic (exact) mass is 283 g/mol. The van der Waals surface area contributed by atoms with Crippen LogP contribution in [0.25, 0.3) is 0 Å². The first-order chi connectivity index (χ1) is 8.56. The van der Waals surface area contributed by atoms with Crippen LogP contribution in [0.5, 0.6) is 0 Å². The number of hydrogen-bond acceptors (Lipinski definition) is 1. The topological polar surface area (TPSA) is 12.0 Å². The molecule has 0 atom stereocenters. The molecule has 0 unspecified atom stereocenters. The van der Waals surface area contributed by atoms with E-state index < -0.39 is 0 Å². The molecular formula is C14H12Cl2FN. The van der Waals surface area contributed by atoms with E-state index in [1.54, 1.807) is 24.3 Å². The van der Waals surface area contributed by atoms with Gasteiger partial charge in [-0.1, -0.05) is 29.3 Å². The Morgan fingerprint density at radius 2 is 1.89 bits per heavy atom. The molecule has 1 N–H and O–H groups in total. The van der Waals surface area contributed by atoms with Crippen molar-refractivity contribution in [2.45, 2.75) is 13.5 Å². The van der Waals surface area contributed by atoms with Gasteiger partial charge in [0.25, 0.3) is 0 Å². The molecule has 0 aliphatic rings. The standard InChI is InChI=1S/C14H12Cl2FN/c1-9-2-5-14(13(17)6-9)18-8-10-7-11(15)3-4-12(10)16/h2-7,18H,8H2,1H3. The van der Waals surface area contributed by atoms with Crippen LogP contribution in [0.3, 0.4) is 0 Å². The SMILES string of the molecule is Cc1ccc(NCc2cc(Cl)ccc2Cl)c(F)c1. The Kier molecular flexibility index (Phi) is 4.10. The number of hydrogen-bond donors (Lipinski definition) is 1. The normalized spacial score (nSPS) is 10.4. The lowest BCUT2D eigenvalue weighted by molar-refractivity contribution is 0.629. The van der Waals surface area contributed by atoms with Crippen LogP contribution in [0.1, 0.15) is 11.1 Å². The molecule has 1 nitrogen and oxygen atoms in total. The van der Waals surface area contributed by atoms with Gasteiger partial charge < -0.3 is 5.32 Å². The highest BCUT2D eigenvalue weighted by Crippen LogP contribution is 2.22. The minimum atomic E-state index is -0.270. The van der Waals surface area contributed by atoms with Crippen molar-refractivity contribution in [2.24, 2.45) is 0 Å². The van der Waals surface area contributed by atoms with E-state index in [4.69, 9.17) is 23.2 Å². The maximum Gasteiger partial charge on any atom is 0.146 e. The van der Waals surface area contributed by atoms with Gasteiger partial charge in [-0.05, 0) is 48.4 Å². The quantitative estimate of drug-likeness (QED) is 0.831. The van der Waals surface area contributed by atoms with E-state index >= 15 is 0 Å². The van der Waals surface area contributed by atoms with Gasteiger partial charge in [-0.15, -0.1) is 0 Å². The van der Waals surface area contributed by atoms with Gasteiger partial charge in [0, 0.05) is 16.6 Å². The van der Waals surface area contributed by atoms with Crippen molar-refractivity contribution in [3.05, 3.63) is 63.4 Å². The molecule has 2 aromatic carbocycles. The van der Waals surface area contributed by atoms with Crippen molar-refractivity contribution in [2.75, 3.05) is 5.32 Å². The number of halogens is 3. The predicted molar refractivity (Wildman–Crippen MR) is 74.9 cm³/mol. The third-order valence-electron chi connectivity index (χ3n) is 2.60. The largest absolute Gasteiger partial charge is 0.379 e. The molecule has 2 aromatic rings. The Labute approximate surface area is 116 Å². The molecule has 18 heavy (non-hydrogen) atoms. The highest BCUT2D eigenvalue weighted by atomic mass is 35.5. The zero-order chi connectivity index (χ0) is 13.1. The molecule has 0 amide bonds. The maximum atomic E-state index is 13.6. The van der Waals surface area contributed by atoms with E-state index in [2.05, 4.69) is 5.32 Å². The van der Waals surface area contributed by atoms with E-state index in [1.807, 2.05) is 13.0 Å². The number of nitrogens with one attached hydrogen (secondary N) is 1. The average Bonchev–Trinajstić information content (AvgIpc) is 2.32. The summed E-state index contributed by atoms with van der Waals surface area (Å²) in [6.07, 6.45) is 0. The van der Waals surface area contributed by atoms with Crippen molar-refractivity contribution in [1.29, 1.82) is 0 Å². The molecule has 4 heteroatoms. The number of anilines is 1. The van der Waals surface area contributed by atoms with Gasteiger partial charge in [0.15, 0.2) is 0 Å². The second-order valence-electron chi connectivity index (χ2n) is 4.07. The lowest BCUT2D eigenvalue weighted by Crippen LogP contribution is -2.02. The van der Waals surface area contributed by atoms with Gasteiger partial charge in [-0.2, -0.15) is 0 Å². The third-order valence-corrected chi connectivity index (χ3v) is 3.21. The van der Waals surface area contributed by atoms with Crippen molar-refractivity contribution in [1.82, 2.24) is 0 Å². The molecule has 0 saturated heterocycles. The molecule has 2 rings (SSSR count). The zero-order valence-corrected chi connectivity index (χ0v) is 11.3. The second kappa shape index (κ2) is 5.59. The first kappa shape index (κ1) is 13.2. The van der Waals surface area contributed by atoms with Crippen LogP contribution in [0.4, 0.5) is 10.1 Å². The zero-order valence-electron chi connectivity index (χ0n) is 9.81. The smallest absolute Gasteiger partial charge is 0.146 e. The van der Waals surface area contributed by atoms with E-state index in [9.17, 15) is 4.39 Å². The van der Waals surface area contributed by atoms with Crippen molar-refractivity contribution >= 4 is 28.9 Å². The molecule has 0 saturated carbocycles. The molecule has 0 bridgehead atoms. The Morgan fingerprint density at radius 1 is 1.11 bits per heavy atom. The number of aryl methyl sites for hydroxylation is 1. The summed E-state index contributed by atoms with van der Waals surface area (Å²) in [6.45, 7) is 2.28. The molecule has 0 aliphatic heterocycles. The van der Waals surface area contributed by atoms with Crippen LogP contribution < -0.4 is 5.32 Å². The van der Waals surface area contributed by atoms with Crippen LogP contribution in [-0.2, 0) is 6.54 Å².